The molecule has 0 saturated heterocycles. The summed E-state index contributed by atoms with van der Waals surface area (Å²) in [4.78, 5) is 0. The van der Waals surface area contributed by atoms with E-state index in [1.54, 1.807) is 0 Å². The minimum atomic E-state index is -0.678. The Labute approximate surface area is 113 Å². The molecule has 0 amide bonds. The average molecular weight is 297 g/mol. The molecule has 0 N–H and O–H groups in total. The van der Waals surface area contributed by atoms with E-state index in [2.05, 4.69) is 20.0 Å². The molecule has 0 spiro atoms. The monoisotopic (exact) mass is 296 g/mol. The molecule has 16 heavy (non-hydrogen) atoms. The fraction of sp³-hybridized carbons (Fsp3) is 1.00. The summed E-state index contributed by atoms with van der Waals surface area (Å²) in [6.45, 7) is 6.72. The Morgan fingerprint density at radius 1 is 1.06 bits per heavy atom. The second-order valence-corrected chi connectivity index (χ2v) is 11.2. The van der Waals surface area contributed by atoms with Crippen molar-refractivity contribution >= 4 is 39.8 Å². The first kappa shape index (κ1) is 19.1. The predicted octanol–water partition coefficient (Wildman–Crippen LogP) is 0.413. The number of unbranched alkanes of at least 4 members (excludes halogenated alkanes) is 5. The standard InChI is InChI=1S/C9H24OSi2.CH8OSi2/c1-3-4-5-6-7-8-9-12(2)10-11;1-4-2-3/h12H,3-9H2,1-2,11H3;4H2,1,3H3. The molecule has 1 atom stereocenters. The van der Waals surface area contributed by atoms with E-state index in [1.165, 1.54) is 44.6 Å². The summed E-state index contributed by atoms with van der Waals surface area (Å²) in [5.41, 5.74) is 0. The molecule has 0 radical (unpaired) electrons. The molecule has 0 bridgehead atoms. The van der Waals surface area contributed by atoms with Crippen molar-refractivity contribution in [3.05, 3.63) is 0 Å². The Bertz CT molecular complexity index is 115. The third-order valence-electron chi connectivity index (χ3n) is 2.66. The van der Waals surface area contributed by atoms with Gasteiger partial charge in [-0.3, -0.25) is 0 Å². The Morgan fingerprint density at radius 3 is 2.00 bits per heavy atom. The Kier molecular flexibility index (Phi) is 21.7. The van der Waals surface area contributed by atoms with Gasteiger partial charge < -0.3 is 8.23 Å². The van der Waals surface area contributed by atoms with Crippen LogP contribution in [-0.2, 0) is 8.23 Å². The quantitative estimate of drug-likeness (QED) is 0.453. The molecule has 0 rings (SSSR count). The van der Waals surface area contributed by atoms with Gasteiger partial charge in [0.15, 0.2) is 9.04 Å². The molecule has 0 aromatic rings. The number of hydrogen-bond acceptors (Lipinski definition) is 2. The highest BCUT2D eigenvalue weighted by Gasteiger charge is 1.99. The molecule has 0 heterocycles. The van der Waals surface area contributed by atoms with Crippen LogP contribution in [0.5, 0.6) is 0 Å². The summed E-state index contributed by atoms with van der Waals surface area (Å²) in [5.74, 6) is 0. The molecule has 0 fully saturated rings. The van der Waals surface area contributed by atoms with Crippen molar-refractivity contribution < 1.29 is 8.23 Å². The van der Waals surface area contributed by atoms with Gasteiger partial charge >= 0.3 is 0 Å². The van der Waals surface area contributed by atoms with Crippen LogP contribution >= 0.6 is 0 Å². The zero-order valence-electron chi connectivity index (χ0n) is 12.1. The van der Waals surface area contributed by atoms with E-state index in [9.17, 15) is 0 Å². The molecule has 6 heteroatoms. The topological polar surface area (TPSA) is 18.5 Å². The minimum absolute atomic E-state index is 0.0139. The lowest BCUT2D eigenvalue weighted by atomic mass is 10.1. The van der Waals surface area contributed by atoms with Gasteiger partial charge in [-0.2, -0.15) is 0 Å². The summed E-state index contributed by atoms with van der Waals surface area (Å²) in [7, 11) is 1.21. The summed E-state index contributed by atoms with van der Waals surface area (Å²) < 4.78 is 10.3. The molecule has 1 unspecified atom stereocenters. The molecule has 0 aromatic heterocycles. The summed E-state index contributed by atoms with van der Waals surface area (Å²) in [5, 5.41) is 0. The smallest absolute Gasteiger partial charge is 0.159 e. The van der Waals surface area contributed by atoms with Crippen LogP contribution in [0.4, 0.5) is 0 Å². The fourth-order valence-corrected chi connectivity index (χ4v) is 3.14. The van der Waals surface area contributed by atoms with Gasteiger partial charge in [-0.15, -0.1) is 0 Å². The highest BCUT2D eigenvalue weighted by atomic mass is 28.3. The van der Waals surface area contributed by atoms with E-state index in [-0.39, 0.29) is 9.76 Å². The van der Waals surface area contributed by atoms with Crippen LogP contribution in [0.3, 0.4) is 0 Å². The first-order valence-corrected chi connectivity index (χ1v) is 12.8. The molecule has 2 nitrogen and oxygen atoms in total. The number of hydrogen-bond donors (Lipinski definition) is 0. The zero-order valence-corrected chi connectivity index (χ0v) is 18.6. The van der Waals surface area contributed by atoms with Crippen LogP contribution in [0.2, 0.25) is 19.1 Å². The average Bonchev–Trinajstić information content (AvgIpc) is 2.33. The van der Waals surface area contributed by atoms with E-state index in [0.29, 0.717) is 0 Å². The summed E-state index contributed by atoms with van der Waals surface area (Å²) in [6, 6.07) is 1.40. The largest absolute Gasteiger partial charge is 0.468 e. The lowest BCUT2D eigenvalue weighted by molar-refractivity contribution is 0.597. The van der Waals surface area contributed by atoms with Gasteiger partial charge in [0.05, 0.1) is 0 Å². The molecule has 0 aliphatic carbocycles. The van der Waals surface area contributed by atoms with Crippen LogP contribution in [0.1, 0.15) is 45.4 Å². The second-order valence-electron chi connectivity index (χ2n) is 4.18. The van der Waals surface area contributed by atoms with Gasteiger partial charge in [-0.1, -0.05) is 52.0 Å². The molecule has 0 aromatic carbocycles. The Morgan fingerprint density at radius 2 is 1.56 bits per heavy atom. The summed E-state index contributed by atoms with van der Waals surface area (Å²) >= 11 is 0. The molecule has 100 valence electrons. The van der Waals surface area contributed by atoms with Crippen LogP contribution in [0, 0.1) is 0 Å². The predicted molar refractivity (Wildman–Crippen MR) is 87.7 cm³/mol. The fourth-order valence-electron chi connectivity index (χ4n) is 1.33. The van der Waals surface area contributed by atoms with E-state index >= 15 is 0 Å². The molecule has 0 aliphatic rings. The van der Waals surface area contributed by atoms with Gasteiger partial charge in [-0.05, 0) is 12.6 Å². The van der Waals surface area contributed by atoms with Crippen LogP contribution in [0.15, 0.2) is 0 Å². The van der Waals surface area contributed by atoms with Gasteiger partial charge in [0.25, 0.3) is 0 Å². The van der Waals surface area contributed by atoms with E-state index in [1.807, 2.05) is 0 Å². The molecular weight excluding hydrogens is 264 g/mol. The third-order valence-corrected chi connectivity index (χ3v) is 9.40. The van der Waals surface area contributed by atoms with Gasteiger partial charge in [-0.25, -0.2) is 0 Å². The van der Waals surface area contributed by atoms with Crippen molar-refractivity contribution in [3.8, 4) is 0 Å². The van der Waals surface area contributed by atoms with Crippen LogP contribution in [-0.4, -0.2) is 39.8 Å². The SMILES string of the molecule is CCCCCCCC[SiH](C)O[SiH3].C[SiH2]O[SiH3]. The lowest BCUT2D eigenvalue weighted by Gasteiger charge is -2.06. The second kappa shape index (κ2) is 18.2. The molecule has 0 aliphatic heterocycles. The van der Waals surface area contributed by atoms with Gasteiger partial charge in [0, 0.05) is 0 Å². The normalized spacial score (nSPS) is 12.9. The van der Waals surface area contributed by atoms with E-state index in [4.69, 9.17) is 8.23 Å². The van der Waals surface area contributed by atoms with Crippen LogP contribution in [0.25, 0.3) is 0 Å². The Balaban J connectivity index is 0. The van der Waals surface area contributed by atoms with E-state index in [0.717, 1.165) is 21.0 Å². The maximum atomic E-state index is 5.46. The highest BCUT2D eigenvalue weighted by Crippen LogP contribution is 2.08. The van der Waals surface area contributed by atoms with Gasteiger partial charge in [0.2, 0.25) is 0 Å². The number of rotatable bonds is 9. The van der Waals surface area contributed by atoms with Crippen molar-refractivity contribution in [1.29, 1.82) is 0 Å². The summed E-state index contributed by atoms with van der Waals surface area (Å²) in [6.07, 6.45) is 8.50. The zero-order chi connectivity index (χ0) is 12.6. The third kappa shape index (κ3) is 20.2. The van der Waals surface area contributed by atoms with Crippen molar-refractivity contribution in [1.82, 2.24) is 0 Å². The van der Waals surface area contributed by atoms with E-state index < -0.39 is 9.04 Å². The Hall–Kier alpha value is 0.788. The first-order chi connectivity index (χ1) is 7.72. The van der Waals surface area contributed by atoms with Gasteiger partial charge in [0.1, 0.15) is 30.7 Å². The van der Waals surface area contributed by atoms with Crippen molar-refractivity contribution in [3.63, 3.8) is 0 Å². The molecule has 0 saturated carbocycles. The maximum Gasteiger partial charge on any atom is 0.159 e. The maximum absolute atomic E-state index is 5.46. The highest BCUT2D eigenvalue weighted by molar-refractivity contribution is 6.54. The minimum Gasteiger partial charge on any atom is -0.468 e. The first-order valence-electron chi connectivity index (χ1n) is 6.74. The van der Waals surface area contributed by atoms with Crippen molar-refractivity contribution in [2.24, 2.45) is 0 Å². The molecular formula is C10H32O2Si4. The van der Waals surface area contributed by atoms with Crippen molar-refractivity contribution in [2.75, 3.05) is 0 Å². The van der Waals surface area contributed by atoms with Crippen LogP contribution < -0.4 is 0 Å². The van der Waals surface area contributed by atoms with Crippen molar-refractivity contribution in [2.45, 2.75) is 64.6 Å². The lowest BCUT2D eigenvalue weighted by Crippen LogP contribution is -2.09.